The van der Waals surface area contributed by atoms with E-state index in [0.717, 1.165) is 12.0 Å². The molecule has 1 N–H and O–H groups in total. The molecular weight excluding hydrogens is 366 g/mol. The number of benzene rings is 1. The molecule has 0 fully saturated rings. The molecule has 1 aromatic carbocycles. The van der Waals surface area contributed by atoms with Crippen LogP contribution in [0.4, 0.5) is 0 Å². The van der Waals surface area contributed by atoms with Gasteiger partial charge in [-0.3, -0.25) is 4.79 Å². The van der Waals surface area contributed by atoms with Crippen molar-refractivity contribution in [2.75, 3.05) is 0 Å². The average Bonchev–Trinajstić information content (AvgIpc) is 3.37. The zero-order valence-corrected chi connectivity index (χ0v) is 16.7. The first-order valence-electron chi connectivity index (χ1n) is 9.69. The fraction of sp³-hybridized carbons (Fsp3) is 0.261. The van der Waals surface area contributed by atoms with E-state index in [2.05, 4.69) is 29.3 Å². The molecule has 29 heavy (non-hydrogen) atoms. The molecule has 4 aromatic rings. The van der Waals surface area contributed by atoms with Crippen LogP contribution < -0.4 is 5.32 Å². The van der Waals surface area contributed by atoms with Crippen LogP contribution in [0.1, 0.15) is 47.9 Å². The van der Waals surface area contributed by atoms with Gasteiger partial charge in [-0.2, -0.15) is 0 Å². The van der Waals surface area contributed by atoms with Crippen molar-refractivity contribution in [1.29, 1.82) is 0 Å². The molecule has 1 amide bonds. The quantitative estimate of drug-likeness (QED) is 0.483. The van der Waals surface area contributed by atoms with Crippen LogP contribution in [0.15, 0.2) is 63.7 Å². The number of nitrogens with one attached hydrogen (secondary N) is 1. The molecular formula is C23H23N3O3. The van der Waals surface area contributed by atoms with Crippen molar-refractivity contribution in [2.24, 2.45) is 5.92 Å². The van der Waals surface area contributed by atoms with Gasteiger partial charge in [-0.25, -0.2) is 4.98 Å². The molecule has 0 aliphatic heterocycles. The number of carbonyl (C=O) groups is 1. The number of aryl methyl sites for hydroxylation is 1. The highest BCUT2D eigenvalue weighted by molar-refractivity contribution is 6.07. The zero-order valence-electron chi connectivity index (χ0n) is 16.7. The molecule has 0 saturated heterocycles. The van der Waals surface area contributed by atoms with Crippen LogP contribution in [0, 0.1) is 12.8 Å². The first-order chi connectivity index (χ1) is 14.0. The van der Waals surface area contributed by atoms with E-state index in [0.29, 0.717) is 39.7 Å². The summed E-state index contributed by atoms with van der Waals surface area (Å²) in [6.07, 6.45) is 2.40. The van der Waals surface area contributed by atoms with E-state index < -0.39 is 0 Å². The fourth-order valence-electron chi connectivity index (χ4n) is 3.50. The van der Waals surface area contributed by atoms with E-state index >= 15 is 0 Å². The van der Waals surface area contributed by atoms with Gasteiger partial charge in [-0.15, -0.1) is 0 Å². The Hall–Kier alpha value is -3.41. The largest absolute Gasteiger partial charge is 0.463 e. The minimum absolute atomic E-state index is 0.0980. The summed E-state index contributed by atoms with van der Waals surface area (Å²) in [7, 11) is 0. The van der Waals surface area contributed by atoms with Crippen LogP contribution in [0.25, 0.3) is 22.6 Å². The predicted molar refractivity (Wildman–Crippen MR) is 110 cm³/mol. The number of carbonyl (C=O) groups excluding carboxylic acids is 1. The molecule has 0 bridgehead atoms. The lowest BCUT2D eigenvalue weighted by molar-refractivity contribution is 0.0933. The predicted octanol–water partition coefficient (Wildman–Crippen LogP) is 5.31. The summed E-state index contributed by atoms with van der Waals surface area (Å²) in [6.45, 7) is 6.09. The van der Waals surface area contributed by atoms with Crippen LogP contribution in [-0.4, -0.2) is 16.0 Å². The standard InChI is InChI=1S/C23H23N3O3/c1-14(2)12-18(16-8-5-4-6-9-16)24-22(27)17-13-19(20-10-7-11-28-20)25-23-21(17)15(3)26-29-23/h4-11,13-14,18H,12H2,1-3H3,(H,24,27). The Morgan fingerprint density at radius 2 is 1.93 bits per heavy atom. The molecule has 148 valence electrons. The first kappa shape index (κ1) is 18.9. The lowest BCUT2D eigenvalue weighted by Gasteiger charge is -2.21. The molecule has 0 saturated carbocycles. The van der Waals surface area contributed by atoms with E-state index in [1.807, 2.05) is 30.3 Å². The third-order valence-corrected chi connectivity index (χ3v) is 4.85. The highest BCUT2D eigenvalue weighted by Crippen LogP contribution is 2.28. The van der Waals surface area contributed by atoms with Gasteiger partial charge in [-0.1, -0.05) is 49.3 Å². The van der Waals surface area contributed by atoms with Gasteiger partial charge >= 0.3 is 0 Å². The fourth-order valence-corrected chi connectivity index (χ4v) is 3.50. The Bertz CT molecular complexity index is 1120. The van der Waals surface area contributed by atoms with E-state index in [1.54, 1.807) is 31.4 Å². The normalized spacial score (nSPS) is 12.4. The van der Waals surface area contributed by atoms with E-state index in [1.165, 1.54) is 0 Å². The summed E-state index contributed by atoms with van der Waals surface area (Å²) in [5.41, 5.74) is 3.03. The van der Waals surface area contributed by atoms with Gasteiger partial charge in [0, 0.05) is 0 Å². The summed E-state index contributed by atoms with van der Waals surface area (Å²) < 4.78 is 10.8. The van der Waals surface area contributed by atoms with Crippen molar-refractivity contribution in [3.05, 3.63) is 71.6 Å². The SMILES string of the molecule is Cc1noc2nc(-c3ccco3)cc(C(=O)NC(CC(C)C)c3ccccc3)c12. The molecule has 1 unspecified atom stereocenters. The van der Waals surface area contributed by atoms with E-state index in [4.69, 9.17) is 8.94 Å². The Kier molecular flexibility index (Phi) is 5.16. The van der Waals surface area contributed by atoms with E-state index in [-0.39, 0.29) is 11.9 Å². The summed E-state index contributed by atoms with van der Waals surface area (Å²) in [4.78, 5) is 17.8. The maximum Gasteiger partial charge on any atom is 0.259 e. The van der Waals surface area contributed by atoms with Gasteiger partial charge in [0.15, 0.2) is 5.76 Å². The van der Waals surface area contributed by atoms with Gasteiger partial charge in [0.2, 0.25) is 0 Å². The summed E-state index contributed by atoms with van der Waals surface area (Å²) in [5, 5.41) is 7.81. The molecule has 1 atom stereocenters. The molecule has 6 heteroatoms. The molecule has 0 radical (unpaired) electrons. The Morgan fingerprint density at radius 1 is 1.14 bits per heavy atom. The minimum atomic E-state index is -0.189. The van der Waals surface area contributed by atoms with Crippen LogP contribution >= 0.6 is 0 Å². The third kappa shape index (κ3) is 3.92. The maximum absolute atomic E-state index is 13.4. The second-order valence-electron chi connectivity index (χ2n) is 7.55. The maximum atomic E-state index is 13.4. The molecule has 3 aromatic heterocycles. The molecule has 3 heterocycles. The number of amides is 1. The zero-order chi connectivity index (χ0) is 20.4. The third-order valence-electron chi connectivity index (χ3n) is 4.85. The summed E-state index contributed by atoms with van der Waals surface area (Å²) in [5.74, 6) is 0.803. The number of hydrogen-bond donors (Lipinski definition) is 1. The van der Waals surface area contributed by atoms with Crippen molar-refractivity contribution < 1.29 is 13.7 Å². The monoisotopic (exact) mass is 389 g/mol. The molecule has 4 rings (SSSR count). The van der Waals surface area contributed by atoms with Crippen LogP contribution in [0.3, 0.4) is 0 Å². The Morgan fingerprint density at radius 3 is 2.62 bits per heavy atom. The number of furan rings is 1. The summed E-state index contributed by atoms with van der Waals surface area (Å²) in [6, 6.07) is 15.2. The average molecular weight is 389 g/mol. The van der Waals surface area contributed by atoms with Gasteiger partial charge < -0.3 is 14.3 Å². The number of hydrogen-bond acceptors (Lipinski definition) is 5. The molecule has 6 nitrogen and oxygen atoms in total. The number of fused-ring (bicyclic) bond motifs is 1. The van der Waals surface area contributed by atoms with Crippen molar-refractivity contribution in [1.82, 2.24) is 15.5 Å². The van der Waals surface area contributed by atoms with Crippen molar-refractivity contribution in [3.63, 3.8) is 0 Å². The topological polar surface area (TPSA) is 81.2 Å². The Balaban J connectivity index is 1.74. The van der Waals surface area contributed by atoms with Crippen LogP contribution in [-0.2, 0) is 0 Å². The molecule has 0 aliphatic carbocycles. The second-order valence-corrected chi connectivity index (χ2v) is 7.55. The molecule has 0 aliphatic rings. The summed E-state index contributed by atoms with van der Waals surface area (Å²) >= 11 is 0. The van der Waals surface area contributed by atoms with Gasteiger partial charge in [0.05, 0.1) is 28.9 Å². The van der Waals surface area contributed by atoms with E-state index in [9.17, 15) is 4.79 Å². The number of pyridine rings is 1. The van der Waals surface area contributed by atoms with Crippen LogP contribution in [0.5, 0.6) is 0 Å². The van der Waals surface area contributed by atoms with Gasteiger partial charge in [0.25, 0.3) is 11.6 Å². The second kappa shape index (κ2) is 7.91. The van der Waals surface area contributed by atoms with Gasteiger partial charge in [-0.05, 0) is 43.0 Å². The Labute approximate surface area is 168 Å². The minimum Gasteiger partial charge on any atom is -0.463 e. The number of nitrogens with zero attached hydrogens (tertiary/aromatic N) is 2. The van der Waals surface area contributed by atoms with Crippen molar-refractivity contribution >= 4 is 17.0 Å². The van der Waals surface area contributed by atoms with Gasteiger partial charge in [0.1, 0.15) is 5.69 Å². The molecule has 0 spiro atoms. The van der Waals surface area contributed by atoms with Crippen molar-refractivity contribution in [2.45, 2.75) is 33.2 Å². The first-order valence-corrected chi connectivity index (χ1v) is 9.69. The number of aromatic nitrogens is 2. The number of rotatable bonds is 6. The highest BCUT2D eigenvalue weighted by Gasteiger charge is 2.23. The highest BCUT2D eigenvalue weighted by atomic mass is 16.5. The van der Waals surface area contributed by atoms with Crippen LogP contribution in [0.2, 0.25) is 0 Å². The van der Waals surface area contributed by atoms with Crippen molar-refractivity contribution in [3.8, 4) is 11.5 Å². The smallest absolute Gasteiger partial charge is 0.259 e. The lowest BCUT2D eigenvalue weighted by Crippen LogP contribution is -2.29. The lowest BCUT2D eigenvalue weighted by atomic mass is 9.96.